The minimum absolute atomic E-state index is 0.199. The second-order valence-corrected chi connectivity index (χ2v) is 9.37. The molecule has 10 heteroatoms. The Morgan fingerprint density at radius 1 is 1.03 bits per heavy atom. The van der Waals surface area contributed by atoms with Crippen LogP contribution in [0.1, 0.15) is 19.9 Å². The lowest BCUT2D eigenvalue weighted by Gasteiger charge is -2.36. The van der Waals surface area contributed by atoms with Crippen molar-refractivity contribution in [3.8, 4) is 11.4 Å². The van der Waals surface area contributed by atoms with Gasteiger partial charge in [0.25, 0.3) is 0 Å². The van der Waals surface area contributed by atoms with E-state index in [2.05, 4.69) is 58.4 Å². The first-order chi connectivity index (χ1) is 16.4. The van der Waals surface area contributed by atoms with Crippen molar-refractivity contribution in [1.82, 2.24) is 24.6 Å². The fourth-order valence-corrected chi connectivity index (χ4v) is 4.62. The molecule has 1 aliphatic heterocycles. The highest BCUT2D eigenvalue weighted by Gasteiger charge is 2.23. The van der Waals surface area contributed by atoms with E-state index in [1.165, 1.54) is 0 Å². The molecule has 2 aromatic heterocycles. The van der Waals surface area contributed by atoms with Crippen LogP contribution in [-0.4, -0.2) is 56.9 Å². The molecule has 2 amide bonds. The summed E-state index contributed by atoms with van der Waals surface area (Å²) in [6, 6.07) is 13.5. The number of fused-ring (bicyclic) bond motifs is 1. The molecule has 8 nitrogen and oxygen atoms in total. The number of nitrogens with one attached hydrogen (secondary N) is 2. The molecule has 5 rings (SSSR count). The van der Waals surface area contributed by atoms with Gasteiger partial charge in [-0.1, -0.05) is 29.3 Å². The fraction of sp³-hybridized carbons (Fsp3) is 0.292. The van der Waals surface area contributed by atoms with Crippen molar-refractivity contribution in [1.29, 1.82) is 0 Å². The smallest absolute Gasteiger partial charge is 0.322 e. The summed E-state index contributed by atoms with van der Waals surface area (Å²) in [5.74, 6) is 0.827. The molecule has 1 fully saturated rings. The summed E-state index contributed by atoms with van der Waals surface area (Å²) in [4.78, 5) is 24.8. The van der Waals surface area contributed by atoms with Crippen LogP contribution in [0.25, 0.3) is 22.6 Å². The highest BCUT2D eigenvalue weighted by molar-refractivity contribution is 6.39. The summed E-state index contributed by atoms with van der Waals surface area (Å²) in [5.41, 5.74) is 4.37. The number of aromatic amines is 1. The van der Waals surface area contributed by atoms with Crippen LogP contribution in [0.2, 0.25) is 10.0 Å². The number of aromatic nitrogens is 4. The maximum absolute atomic E-state index is 12.7. The van der Waals surface area contributed by atoms with Crippen LogP contribution in [-0.2, 0) is 0 Å². The Morgan fingerprint density at radius 3 is 2.35 bits per heavy atom. The van der Waals surface area contributed by atoms with E-state index in [4.69, 9.17) is 28.2 Å². The summed E-state index contributed by atoms with van der Waals surface area (Å²) < 4.78 is 1.92. The first-order valence-corrected chi connectivity index (χ1v) is 11.9. The second kappa shape index (κ2) is 9.19. The second-order valence-electron chi connectivity index (χ2n) is 8.55. The van der Waals surface area contributed by atoms with Crippen LogP contribution in [0.3, 0.4) is 0 Å². The van der Waals surface area contributed by atoms with Gasteiger partial charge in [0.2, 0.25) is 0 Å². The van der Waals surface area contributed by atoms with E-state index in [1.807, 2.05) is 10.9 Å². The average Bonchev–Trinajstić information content (AvgIpc) is 3.43. The molecule has 0 radical (unpaired) electrons. The van der Waals surface area contributed by atoms with Gasteiger partial charge in [-0.05, 0) is 50.2 Å². The highest BCUT2D eigenvalue weighted by atomic mass is 35.5. The van der Waals surface area contributed by atoms with Crippen molar-refractivity contribution >= 4 is 51.8 Å². The highest BCUT2D eigenvalue weighted by Crippen LogP contribution is 2.30. The van der Waals surface area contributed by atoms with Crippen LogP contribution in [0, 0.1) is 0 Å². The number of benzene rings is 2. The molecule has 34 heavy (non-hydrogen) atoms. The Morgan fingerprint density at radius 2 is 1.71 bits per heavy atom. The summed E-state index contributed by atoms with van der Waals surface area (Å²) in [5, 5.41) is 8.07. The van der Waals surface area contributed by atoms with E-state index >= 15 is 0 Å². The number of amides is 2. The number of carbonyl (C=O) groups excluding carboxylic acids is 1. The van der Waals surface area contributed by atoms with Gasteiger partial charge in [0, 0.05) is 43.5 Å². The first kappa shape index (κ1) is 22.6. The lowest BCUT2D eigenvalue weighted by molar-refractivity contribution is 0.208. The van der Waals surface area contributed by atoms with Crippen molar-refractivity contribution in [2.24, 2.45) is 0 Å². The third kappa shape index (κ3) is 4.31. The average molecular weight is 498 g/mol. The Kier molecular flexibility index (Phi) is 6.10. The van der Waals surface area contributed by atoms with Gasteiger partial charge in [-0.15, -0.1) is 0 Å². The number of piperazine rings is 1. The van der Waals surface area contributed by atoms with E-state index in [0.29, 0.717) is 28.8 Å². The zero-order valence-corrected chi connectivity index (χ0v) is 20.4. The molecule has 3 heterocycles. The minimum atomic E-state index is -0.199. The standard InChI is InChI=1S/C24H25Cl2N7O/c1-15(2)33-23-20(14-27-33)28-22(30-23)16-6-8-17(9-7-16)31-10-12-32(13-11-31)24(34)29-21-18(25)4-3-5-19(21)26/h3-9,14-15H,10-13H2,1-2H3,(H,28,30)(H,29,34). The van der Waals surface area contributed by atoms with Crippen LogP contribution in [0.15, 0.2) is 48.7 Å². The zero-order valence-electron chi connectivity index (χ0n) is 18.9. The molecular weight excluding hydrogens is 473 g/mol. The van der Waals surface area contributed by atoms with Crippen LogP contribution in [0.5, 0.6) is 0 Å². The third-order valence-electron chi connectivity index (χ3n) is 6.00. The number of H-pyrrole nitrogens is 1. The van der Waals surface area contributed by atoms with E-state index in [0.717, 1.165) is 41.3 Å². The lowest BCUT2D eigenvalue weighted by Crippen LogP contribution is -2.50. The largest absolute Gasteiger partial charge is 0.368 e. The molecule has 0 atom stereocenters. The van der Waals surface area contributed by atoms with E-state index in [-0.39, 0.29) is 12.1 Å². The van der Waals surface area contributed by atoms with Crippen LogP contribution < -0.4 is 10.2 Å². The quantitative estimate of drug-likeness (QED) is 0.380. The molecule has 176 valence electrons. The van der Waals surface area contributed by atoms with Gasteiger partial charge in [-0.25, -0.2) is 14.5 Å². The number of halogens is 2. The Bertz CT molecular complexity index is 1300. The molecule has 0 unspecified atom stereocenters. The number of anilines is 2. The summed E-state index contributed by atoms with van der Waals surface area (Å²) >= 11 is 12.3. The van der Waals surface area contributed by atoms with Gasteiger partial charge in [0.05, 0.1) is 21.9 Å². The number of nitrogens with zero attached hydrogens (tertiary/aromatic N) is 5. The van der Waals surface area contributed by atoms with Gasteiger partial charge in [-0.3, -0.25) is 0 Å². The predicted molar refractivity (Wildman–Crippen MR) is 137 cm³/mol. The van der Waals surface area contributed by atoms with Gasteiger partial charge in [0.15, 0.2) is 5.65 Å². The van der Waals surface area contributed by atoms with Crippen molar-refractivity contribution in [3.05, 3.63) is 58.7 Å². The molecule has 1 aliphatic rings. The normalized spacial score (nSPS) is 14.3. The van der Waals surface area contributed by atoms with Gasteiger partial charge in [-0.2, -0.15) is 5.10 Å². The molecule has 0 saturated carbocycles. The van der Waals surface area contributed by atoms with E-state index < -0.39 is 0 Å². The maximum Gasteiger partial charge on any atom is 0.322 e. The van der Waals surface area contributed by atoms with Crippen molar-refractivity contribution in [2.45, 2.75) is 19.9 Å². The van der Waals surface area contributed by atoms with Crippen LogP contribution in [0.4, 0.5) is 16.2 Å². The molecule has 2 N–H and O–H groups in total. The molecule has 0 aliphatic carbocycles. The Hall–Kier alpha value is -3.23. The maximum atomic E-state index is 12.7. The number of urea groups is 1. The van der Waals surface area contributed by atoms with Gasteiger partial charge in [0.1, 0.15) is 11.3 Å². The van der Waals surface area contributed by atoms with Gasteiger partial charge < -0.3 is 20.1 Å². The lowest BCUT2D eigenvalue weighted by atomic mass is 10.1. The number of hydrogen-bond acceptors (Lipinski definition) is 4. The monoisotopic (exact) mass is 497 g/mol. The number of rotatable bonds is 4. The molecule has 1 saturated heterocycles. The number of imidazole rings is 1. The molecule has 2 aromatic carbocycles. The van der Waals surface area contributed by atoms with Crippen molar-refractivity contribution in [2.75, 3.05) is 36.4 Å². The summed E-state index contributed by atoms with van der Waals surface area (Å²) in [6.07, 6.45) is 1.82. The topological polar surface area (TPSA) is 82.1 Å². The molecule has 4 aromatic rings. The van der Waals surface area contributed by atoms with Crippen molar-refractivity contribution < 1.29 is 4.79 Å². The fourth-order valence-electron chi connectivity index (χ4n) is 4.13. The Balaban J connectivity index is 1.22. The van der Waals surface area contributed by atoms with E-state index in [1.54, 1.807) is 23.1 Å². The summed E-state index contributed by atoms with van der Waals surface area (Å²) in [6.45, 7) is 6.85. The summed E-state index contributed by atoms with van der Waals surface area (Å²) in [7, 11) is 0. The molecule has 0 bridgehead atoms. The number of para-hydroxylation sites is 1. The Labute approximate surface area is 207 Å². The van der Waals surface area contributed by atoms with Crippen molar-refractivity contribution in [3.63, 3.8) is 0 Å². The first-order valence-electron chi connectivity index (χ1n) is 11.2. The minimum Gasteiger partial charge on any atom is -0.368 e. The van der Waals surface area contributed by atoms with Crippen LogP contribution >= 0.6 is 23.2 Å². The number of carbonyl (C=O) groups is 1. The third-order valence-corrected chi connectivity index (χ3v) is 6.63. The SMILES string of the molecule is CC(C)n1ncc2[nH]c(-c3ccc(N4CCN(C(=O)Nc5c(Cl)cccc5Cl)CC4)cc3)nc21. The molecule has 0 spiro atoms. The molecular formula is C24H25Cl2N7O. The van der Waals surface area contributed by atoms with E-state index in [9.17, 15) is 4.79 Å². The zero-order chi connectivity index (χ0) is 23.8. The number of hydrogen-bond donors (Lipinski definition) is 2. The predicted octanol–water partition coefficient (Wildman–Crippen LogP) is 5.67. The van der Waals surface area contributed by atoms with Gasteiger partial charge >= 0.3 is 6.03 Å².